The molecule has 0 aliphatic heterocycles. The van der Waals surface area contributed by atoms with E-state index in [0.29, 0.717) is 12.2 Å². The minimum Gasteiger partial charge on any atom is -0.496 e. The molecule has 1 aliphatic carbocycles. The highest BCUT2D eigenvalue weighted by atomic mass is 19.4. The molecule has 1 heterocycles. The van der Waals surface area contributed by atoms with Gasteiger partial charge in [0.2, 0.25) is 0 Å². The van der Waals surface area contributed by atoms with Crippen LogP contribution < -0.4 is 9.64 Å². The third-order valence-corrected chi connectivity index (χ3v) is 7.41. The Morgan fingerprint density at radius 3 is 2.17 bits per heavy atom. The van der Waals surface area contributed by atoms with Gasteiger partial charge in [0.05, 0.1) is 18.2 Å². The Morgan fingerprint density at radius 1 is 0.976 bits per heavy atom. The van der Waals surface area contributed by atoms with Crippen LogP contribution in [-0.4, -0.2) is 34.3 Å². The van der Waals surface area contributed by atoms with E-state index >= 15 is 0 Å². The van der Waals surface area contributed by atoms with Gasteiger partial charge in [-0.3, -0.25) is 0 Å². The fourth-order valence-electron chi connectivity index (χ4n) is 5.26. The second-order valence-corrected chi connectivity index (χ2v) is 11.5. The number of hydrogen-bond donors (Lipinski definition) is 1. The van der Waals surface area contributed by atoms with Crippen LogP contribution in [0.2, 0.25) is 0 Å². The standard InChI is InChI=1S/C29H33F6N5O/c1-17(2)19-6-7-25(41-5)24(12-19)23-8-9-27(3,4)14-20(23)16-40(26-36-38-39-37-26)15-18-10-21(28(30,31)32)13-22(11-18)29(33,34)35/h6-7,10-13,17H,8-9,14-16H2,1-5H3,(H,36,37,38,39). The van der Waals surface area contributed by atoms with Crippen molar-refractivity contribution in [3.63, 3.8) is 0 Å². The van der Waals surface area contributed by atoms with E-state index in [0.717, 1.165) is 47.2 Å². The molecule has 0 radical (unpaired) electrons. The van der Waals surface area contributed by atoms with E-state index in [-0.39, 0.29) is 42.0 Å². The minimum absolute atomic E-state index is 0.0640. The second kappa shape index (κ2) is 11.4. The molecule has 1 aliphatic rings. The van der Waals surface area contributed by atoms with Gasteiger partial charge in [0.15, 0.2) is 0 Å². The molecule has 3 aromatic rings. The summed E-state index contributed by atoms with van der Waals surface area (Å²) in [6, 6.07) is 7.62. The van der Waals surface area contributed by atoms with Gasteiger partial charge in [-0.15, -0.1) is 5.10 Å². The molecule has 41 heavy (non-hydrogen) atoms. The Bertz CT molecular complexity index is 1360. The van der Waals surface area contributed by atoms with Gasteiger partial charge in [0, 0.05) is 18.7 Å². The van der Waals surface area contributed by atoms with E-state index in [2.05, 4.69) is 54.4 Å². The number of aromatic nitrogens is 4. The third-order valence-electron chi connectivity index (χ3n) is 7.41. The van der Waals surface area contributed by atoms with Crippen molar-refractivity contribution in [1.82, 2.24) is 20.6 Å². The molecule has 0 bridgehead atoms. The van der Waals surface area contributed by atoms with Crippen molar-refractivity contribution in [3.05, 3.63) is 69.8 Å². The van der Waals surface area contributed by atoms with Crippen LogP contribution in [0.4, 0.5) is 32.3 Å². The third kappa shape index (κ3) is 7.20. The van der Waals surface area contributed by atoms with Crippen molar-refractivity contribution in [1.29, 1.82) is 0 Å². The molecular formula is C29H33F6N5O. The first-order valence-corrected chi connectivity index (χ1v) is 13.2. The average Bonchev–Trinajstić information content (AvgIpc) is 3.41. The van der Waals surface area contributed by atoms with Gasteiger partial charge in [-0.1, -0.05) is 38.9 Å². The van der Waals surface area contributed by atoms with Gasteiger partial charge in [0.1, 0.15) is 5.75 Å². The van der Waals surface area contributed by atoms with Crippen molar-refractivity contribution >= 4 is 11.5 Å². The molecule has 1 N–H and O–H groups in total. The van der Waals surface area contributed by atoms with Crippen LogP contribution in [0.25, 0.3) is 5.57 Å². The summed E-state index contributed by atoms with van der Waals surface area (Å²) in [5.74, 6) is 1.03. The Hall–Kier alpha value is -3.57. The highest BCUT2D eigenvalue weighted by Crippen LogP contribution is 2.45. The fraction of sp³-hybridized carbons (Fsp3) is 0.483. The van der Waals surface area contributed by atoms with Crippen LogP contribution in [0.15, 0.2) is 42.0 Å². The maximum absolute atomic E-state index is 13.6. The molecule has 0 amide bonds. The molecule has 0 saturated heterocycles. The number of alkyl halides is 6. The van der Waals surface area contributed by atoms with Gasteiger partial charge >= 0.3 is 12.4 Å². The lowest BCUT2D eigenvalue weighted by atomic mass is 9.72. The molecule has 4 rings (SSSR count). The largest absolute Gasteiger partial charge is 0.496 e. The number of hydrogen-bond acceptors (Lipinski definition) is 5. The first kappa shape index (κ1) is 30.4. The Morgan fingerprint density at radius 2 is 1.63 bits per heavy atom. The highest BCUT2D eigenvalue weighted by molar-refractivity contribution is 5.75. The summed E-state index contributed by atoms with van der Waals surface area (Å²) in [6.45, 7) is 8.32. The van der Waals surface area contributed by atoms with Gasteiger partial charge in [-0.05, 0) is 88.4 Å². The van der Waals surface area contributed by atoms with E-state index in [1.165, 1.54) is 0 Å². The number of benzene rings is 2. The molecule has 0 atom stereocenters. The van der Waals surface area contributed by atoms with Crippen LogP contribution >= 0.6 is 0 Å². The summed E-state index contributed by atoms with van der Waals surface area (Å²) >= 11 is 0. The molecule has 6 nitrogen and oxygen atoms in total. The number of methoxy groups -OCH3 is 1. The Balaban J connectivity index is 1.82. The van der Waals surface area contributed by atoms with Crippen molar-refractivity contribution < 1.29 is 31.1 Å². The van der Waals surface area contributed by atoms with Crippen molar-refractivity contribution in [2.24, 2.45) is 5.41 Å². The van der Waals surface area contributed by atoms with Crippen molar-refractivity contribution in [3.8, 4) is 5.75 Å². The molecule has 1 aromatic heterocycles. The second-order valence-electron chi connectivity index (χ2n) is 11.5. The van der Waals surface area contributed by atoms with Crippen LogP contribution in [0.1, 0.15) is 80.7 Å². The Kier molecular flexibility index (Phi) is 8.42. The maximum Gasteiger partial charge on any atom is 0.416 e. The number of tetrazole rings is 1. The molecule has 12 heteroatoms. The number of anilines is 1. The van der Waals surface area contributed by atoms with Gasteiger partial charge in [-0.2, -0.15) is 31.6 Å². The lowest BCUT2D eigenvalue weighted by Gasteiger charge is -2.36. The molecule has 0 fully saturated rings. The topological polar surface area (TPSA) is 66.9 Å². The summed E-state index contributed by atoms with van der Waals surface area (Å²) < 4.78 is 87.1. The average molecular weight is 582 g/mol. The number of nitrogens with one attached hydrogen (secondary N) is 1. The van der Waals surface area contributed by atoms with E-state index in [4.69, 9.17) is 4.74 Å². The fourth-order valence-corrected chi connectivity index (χ4v) is 5.26. The maximum atomic E-state index is 13.6. The minimum atomic E-state index is -4.95. The Labute approximate surface area is 234 Å². The van der Waals surface area contributed by atoms with E-state index < -0.39 is 23.5 Å². The summed E-state index contributed by atoms with van der Waals surface area (Å²) in [5.41, 5.74) is 1.07. The molecule has 2 aromatic carbocycles. The number of ether oxygens (including phenoxy) is 1. The van der Waals surface area contributed by atoms with Crippen molar-refractivity contribution in [2.75, 3.05) is 18.6 Å². The molecule has 0 unspecified atom stereocenters. The smallest absolute Gasteiger partial charge is 0.416 e. The van der Waals surface area contributed by atoms with E-state index in [9.17, 15) is 26.3 Å². The highest BCUT2D eigenvalue weighted by Gasteiger charge is 2.37. The van der Waals surface area contributed by atoms with Gasteiger partial charge in [-0.25, -0.2) is 0 Å². The van der Waals surface area contributed by atoms with Crippen LogP contribution in [0.3, 0.4) is 0 Å². The predicted molar refractivity (Wildman–Crippen MR) is 143 cm³/mol. The SMILES string of the molecule is COc1ccc(C(C)C)cc1C1=C(CN(Cc2cc(C(F)(F)F)cc(C(F)(F)F)c2)c2nn[nH]n2)CC(C)(C)CC1. The zero-order valence-electron chi connectivity index (χ0n) is 23.5. The summed E-state index contributed by atoms with van der Waals surface area (Å²) in [4.78, 5) is 1.55. The van der Waals surface area contributed by atoms with E-state index in [1.807, 2.05) is 12.1 Å². The monoisotopic (exact) mass is 581 g/mol. The lowest BCUT2D eigenvalue weighted by molar-refractivity contribution is -0.143. The predicted octanol–water partition coefficient (Wildman–Crippen LogP) is 8.04. The van der Waals surface area contributed by atoms with Crippen molar-refractivity contribution in [2.45, 2.75) is 71.8 Å². The lowest BCUT2D eigenvalue weighted by Crippen LogP contribution is -2.30. The van der Waals surface area contributed by atoms with E-state index in [1.54, 1.807) is 12.0 Å². The van der Waals surface area contributed by atoms with Crippen LogP contribution in [0, 0.1) is 5.41 Å². The number of aromatic amines is 1. The van der Waals surface area contributed by atoms with Gasteiger partial charge < -0.3 is 9.64 Å². The molecule has 0 saturated carbocycles. The number of allylic oxidation sites excluding steroid dienone is 1. The quantitative estimate of drug-likeness (QED) is 0.273. The van der Waals surface area contributed by atoms with Crippen LogP contribution in [0.5, 0.6) is 5.75 Å². The first-order chi connectivity index (χ1) is 19.1. The summed E-state index contributed by atoms with van der Waals surface area (Å²) in [6.07, 6.45) is -7.63. The number of rotatable bonds is 8. The molecule has 222 valence electrons. The summed E-state index contributed by atoms with van der Waals surface area (Å²) in [7, 11) is 1.60. The zero-order chi connectivity index (χ0) is 30.2. The number of H-pyrrole nitrogens is 1. The number of nitrogens with zero attached hydrogens (tertiary/aromatic N) is 4. The normalized spacial score (nSPS) is 15.9. The summed E-state index contributed by atoms with van der Waals surface area (Å²) in [5, 5.41) is 13.9. The molecular weight excluding hydrogens is 548 g/mol. The molecule has 0 spiro atoms. The van der Waals surface area contributed by atoms with Gasteiger partial charge in [0.25, 0.3) is 5.95 Å². The first-order valence-electron chi connectivity index (χ1n) is 13.2. The van der Waals surface area contributed by atoms with Crippen LogP contribution in [-0.2, 0) is 18.9 Å². The number of halogens is 6. The zero-order valence-corrected chi connectivity index (χ0v) is 23.5.